The minimum atomic E-state index is -0.0680. The lowest BCUT2D eigenvalue weighted by Crippen LogP contribution is -2.03. The molecule has 4 nitrogen and oxygen atoms in total. The number of hydrogen-bond acceptors (Lipinski definition) is 2. The van der Waals surface area contributed by atoms with Gasteiger partial charge in [-0.1, -0.05) is 18.2 Å². The highest BCUT2D eigenvalue weighted by atomic mass is 16.5. The smallest absolute Gasteiger partial charge is 0.256 e. The van der Waals surface area contributed by atoms with Crippen LogP contribution in [0.2, 0.25) is 0 Å². The van der Waals surface area contributed by atoms with Gasteiger partial charge in [0.2, 0.25) is 0 Å². The van der Waals surface area contributed by atoms with Crippen LogP contribution in [0.25, 0.3) is 22.6 Å². The summed E-state index contributed by atoms with van der Waals surface area (Å²) in [7, 11) is 0. The average molecular weight is 304 g/mol. The summed E-state index contributed by atoms with van der Waals surface area (Å²) in [6, 6.07) is 13.7. The van der Waals surface area contributed by atoms with Crippen LogP contribution in [0.1, 0.15) is 18.1 Å². The molecule has 0 saturated carbocycles. The number of benzene rings is 2. The van der Waals surface area contributed by atoms with Gasteiger partial charge in [-0.2, -0.15) is 0 Å². The Hall–Kier alpha value is -3.01. The van der Waals surface area contributed by atoms with E-state index >= 15 is 0 Å². The molecule has 0 saturated heterocycles. The molecule has 1 aromatic heterocycles. The van der Waals surface area contributed by atoms with Crippen LogP contribution < -0.4 is 10.1 Å². The second kappa shape index (κ2) is 5.32. The predicted molar refractivity (Wildman–Crippen MR) is 92.4 cm³/mol. The highest BCUT2D eigenvalue weighted by Crippen LogP contribution is 2.34. The minimum Gasteiger partial charge on any atom is -0.494 e. The fraction of sp³-hybridized carbons (Fsp3) is 0.105. The molecule has 1 aliphatic heterocycles. The molecule has 1 amide bonds. The van der Waals surface area contributed by atoms with E-state index in [0.29, 0.717) is 12.2 Å². The third-order valence-corrected chi connectivity index (χ3v) is 4.01. The van der Waals surface area contributed by atoms with Gasteiger partial charge in [0.1, 0.15) is 5.75 Å². The van der Waals surface area contributed by atoms with Crippen LogP contribution in [0.5, 0.6) is 5.75 Å². The van der Waals surface area contributed by atoms with E-state index in [1.807, 2.05) is 61.7 Å². The molecule has 0 unspecified atom stereocenters. The fourth-order valence-corrected chi connectivity index (χ4v) is 2.93. The van der Waals surface area contributed by atoms with E-state index in [2.05, 4.69) is 10.3 Å². The standard InChI is InChI=1S/C19H16N2O2/c1-2-23-13-7-8-17-15(10-13)12(11-20-17)9-16-14-5-3-4-6-18(14)21-19(16)22/h3-11,20H,2H2,1H3,(H,21,22)/b16-9-. The Morgan fingerprint density at radius 1 is 1.17 bits per heavy atom. The van der Waals surface area contributed by atoms with Crippen LogP contribution in [0.4, 0.5) is 5.69 Å². The number of carbonyl (C=O) groups excluding carboxylic acids is 1. The lowest BCUT2D eigenvalue weighted by molar-refractivity contribution is -0.110. The van der Waals surface area contributed by atoms with Gasteiger partial charge in [0.25, 0.3) is 5.91 Å². The molecule has 0 spiro atoms. The Labute approximate surface area is 133 Å². The Morgan fingerprint density at radius 2 is 2.04 bits per heavy atom. The Bertz CT molecular complexity index is 937. The molecule has 4 rings (SSSR count). The first kappa shape index (κ1) is 13.6. The van der Waals surface area contributed by atoms with Gasteiger partial charge in [-0.25, -0.2) is 0 Å². The number of para-hydroxylation sites is 1. The Morgan fingerprint density at radius 3 is 2.91 bits per heavy atom. The molecular weight excluding hydrogens is 288 g/mol. The molecule has 114 valence electrons. The third kappa shape index (κ3) is 2.28. The van der Waals surface area contributed by atoms with Crippen molar-refractivity contribution in [3.05, 3.63) is 59.8 Å². The predicted octanol–water partition coefficient (Wildman–Crippen LogP) is 4.06. The van der Waals surface area contributed by atoms with Crippen molar-refractivity contribution in [2.45, 2.75) is 6.92 Å². The van der Waals surface area contributed by atoms with E-state index in [1.165, 1.54) is 0 Å². The van der Waals surface area contributed by atoms with E-state index in [1.54, 1.807) is 0 Å². The maximum Gasteiger partial charge on any atom is 0.256 e. The average Bonchev–Trinajstić information content (AvgIpc) is 3.10. The lowest BCUT2D eigenvalue weighted by Gasteiger charge is -2.03. The van der Waals surface area contributed by atoms with Gasteiger partial charge in [0, 0.05) is 39.5 Å². The number of fused-ring (bicyclic) bond motifs is 2. The summed E-state index contributed by atoms with van der Waals surface area (Å²) < 4.78 is 5.57. The van der Waals surface area contributed by atoms with Gasteiger partial charge in [-0.05, 0) is 37.3 Å². The van der Waals surface area contributed by atoms with Gasteiger partial charge in [0.15, 0.2) is 0 Å². The number of aromatic amines is 1. The molecule has 4 heteroatoms. The zero-order chi connectivity index (χ0) is 15.8. The highest BCUT2D eigenvalue weighted by Gasteiger charge is 2.23. The van der Waals surface area contributed by atoms with Gasteiger partial charge in [0.05, 0.1) is 6.61 Å². The van der Waals surface area contributed by atoms with Gasteiger partial charge in [-0.3, -0.25) is 4.79 Å². The molecule has 0 radical (unpaired) electrons. The van der Waals surface area contributed by atoms with Crippen LogP contribution in [-0.4, -0.2) is 17.5 Å². The number of carbonyl (C=O) groups is 1. The molecule has 2 aromatic carbocycles. The zero-order valence-corrected chi connectivity index (χ0v) is 12.7. The molecule has 2 N–H and O–H groups in total. The monoisotopic (exact) mass is 304 g/mol. The first-order chi connectivity index (χ1) is 11.3. The fourth-order valence-electron chi connectivity index (χ4n) is 2.93. The number of hydrogen-bond donors (Lipinski definition) is 2. The lowest BCUT2D eigenvalue weighted by atomic mass is 10.0. The molecule has 2 heterocycles. The largest absolute Gasteiger partial charge is 0.494 e. The number of anilines is 1. The van der Waals surface area contributed by atoms with Crippen LogP contribution in [0, 0.1) is 0 Å². The van der Waals surface area contributed by atoms with E-state index < -0.39 is 0 Å². The molecule has 3 aromatic rings. The molecule has 1 aliphatic rings. The molecule has 0 bridgehead atoms. The number of nitrogens with one attached hydrogen (secondary N) is 2. The van der Waals surface area contributed by atoms with Crippen molar-refractivity contribution in [1.82, 2.24) is 4.98 Å². The third-order valence-electron chi connectivity index (χ3n) is 4.01. The Kier molecular flexibility index (Phi) is 3.15. The SMILES string of the molecule is CCOc1ccc2[nH]cc(/C=C3\C(=O)Nc4ccccc43)c2c1. The van der Waals surface area contributed by atoms with Gasteiger partial charge >= 0.3 is 0 Å². The summed E-state index contributed by atoms with van der Waals surface area (Å²) in [5.41, 5.74) is 4.48. The topological polar surface area (TPSA) is 54.1 Å². The first-order valence-corrected chi connectivity index (χ1v) is 7.62. The van der Waals surface area contributed by atoms with Crippen molar-refractivity contribution in [3.63, 3.8) is 0 Å². The van der Waals surface area contributed by atoms with E-state index in [-0.39, 0.29) is 5.91 Å². The maximum absolute atomic E-state index is 12.2. The van der Waals surface area contributed by atoms with E-state index in [0.717, 1.165) is 33.5 Å². The summed E-state index contributed by atoms with van der Waals surface area (Å²) in [5, 5.41) is 3.94. The van der Waals surface area contributed by atoms with Crippen LogP contribution in [-0.2, 0) is 4.79 Å². The first-order valence-electron chi connectivity index (χ1n) is 7.62. The van der Waals surface area contributed by atoms with Crippen molar-refractivity contribution in [3.8, 4) is 5.75 Å². The van der Waals surface area contributed by atoms with Crippen LogP contribution in [0.15, 0.2) is 48.7 Å². The van der Waals surface area contributed by atoms with E-state index in [9.17, 15) is 4.79 Å². The minimum absolute atomic E-state index is 0.0680. The normalized spacial score (nSPS) is 15.0. The van der Waals surface area contributed by atoms with Crippen LogP contribution in [0.3, 0.4) is 0 Å². The summed E-state index contributed by atoms with van der Waals surface area (Å²) in [6.07, 6.45) is 3.84. The van der Waals surface area contributed by atoms with Gasteiger partial charge in [-0.15, -0.1) is 0 Å². The second-order valence-electron chi connectivity index (χ2n) is 5.44. The number of rotatable bonds is 3. The maximum atomic E-state index is 12.2. The van der Waals surface area contributed by atoms with E-state index in [4.69, 9.17) is 4.74 Å². The molecule has 0 atom stereocenters. The van der Waals surface area contributed by atoms with Crippen LogP contribution >= 0.6 is 0 Å². The summed E-state index contributed by atoms with van der Waals surface area (Å²) in [6.45, 7) is 2.59. The summed E-state index contributed by atoms with van der Waals surface area (Å²) >= 11 is 0. The number of amides is 1. The molecular formula is C19H16N2O2. The number of H-pyrrole nitrogens is 1. The zero-order valence-electron chi connectivity index (χ0n) is 12.7. The summed E-state index contributed by atoms with van der Waals surface area (Å²) in [4.78, 5) is 15.5. The molecule has 23 heavy (non-hydrogen) atoms. The van der Waals surface area contributed by atoms with Crippen molar-refractivity contribution in [2.75, 3.05) is 11.9 Å². The summed E-state index contributed by atoms with van der Waals surface area (Å²) in [5.74, 6) is 0.761. The highest BCUT2D eigenvalue weighted by molar-refractivity contribution is 6.35. The molecule has 0 aliphatic carbocycles. The van der Waals surface area contributed by atoms with Gasteiger partial charge < -0.3 is 15.0 Å². The Balaban J connectivity index is 1.83. The number of ether oxygens (including phenoxy) is 1. The van der Waals surface area contributed by atoms with Crippen molar-refractivity contribution in [2.24, 2.45) is 0 Å². The quantitative estimate of drug-likeness (QED) is 0.717. The van der Waals surface area contributed by atoms with Crippen molar-refractivity contribution < 1.29 is 9.53 Å². The van der Waals surface area contributed by atoms with Crippen molar-refractivity contribution in [1.29, 1.82) is 0 Å². The number of aromatic nitrogens is 1. The molecule has 0 fully saturated rings. The van der Waals surface area contributed by atoms with Crippen molar-refractivity contribution >= 4 is 34.1 Å². The second-order valence-corrected chi connectivity index (χ2v) is 5.44.